The number of carbonyl (C=O) groups is 2. The number of carbonyl (C=O) groups excluding carboxylic acids is 1. The number of rotatable bonds is 3. The predicted molar refractivity (Wildman–Crippen MR) is 98.7 cm³/mol. The fraction of sp³-hybridized carbons (Fsp3) is 0.429. The van der Waals surface area contributed by atoms with Crippen LogP contribution in [0.3, 0.4) is 0 Å². The Bertz CT molecular complexity index is 742. The molecular weight excluding hydrogens is 378 g/mol. The number of hydrogen-bond donors (Lipinski definition) is 5. The summed E-state index contributed by atoms with van der Waals surface area (Å²) < 4.78 is 0. The van der Waals surface area contributed by atoms with Crippen molar-refractivity contribution < 1.29 is 14.7 Å². The van der Waals surface area contributed by atoms with Gasteiger partial charge in [0, 0.05) is 13.1 Å². The third kappa shape index (κ3) is 6.92. The Balaban J connectivity index is 0.00000114. The second-order valence-corrected chi connectivity index (χ2v) is 5.73. The summed E-state index contributed by atoms with van der Waals surface area (Å²) in [6.07, 6.45) is 1.52. The van der Waals surface area contributed by atoms with Crippen molar-refractivity contribution in [3.8, 4) is 6.07 Å². The van der Waals surface area contributed by atoms with Crippen LogP contribution in [0, 0.1) is 11.3 Å². The second kappa shape index (κ2) is 10.7. The number of nitrogens with one attached hydrogen (secondary N) is 1. The Morgan fingerprint density at radius 1 is 1.41 bits per heavy atom. The zero-order valence-corrected chi connectivity index (χ0v) is 15.1. The first-order valence-corrected chi connectivity index (χ1v) is 8.10. The summed E-state index contributed by atoms with van der Waals surface area (Å²) in [5, 5.41) is 17.9. The van der Waals surface area contributed by atoms with Gasteiger partial charge in [-0.2, -0.15) is 5.26 Å². The highest BCUT2D eigenvalue weighted by Crippen LogP contribution is 2.17. The average Bonchev–Trinajstić information content (AvgIpc) is 2.60. The van der Waals surface area contributed by atoms with E-state index in [-0.39, 0.29) is 41.0 Å². The first-order valence-electron chi connectivity index (χ1n) is 7.72. The van der Waals surface area contributed by atoms with E-state index in [1.54, 1.807) is 0 Å². The molecule has 1 aromatic heterocycles. The van der Waals surface area contributed by atoms with E-state index in [4.69, 9.17) is 44.0 Å². The lowest BCUT2D eigenvalue weighted by atomic mass is 10.1. The van der Waals surface area contributed by atoms with Gasteiger partial charge in [0.05, 0.1) is 18.7 Å². The number of piperidine rings is 1. The van der Waals surface area contributed by atoms with E-state index in [0.29, 0.717) is 6.54 Å². The predicted octanol–water partition coefficient (Wildman–Crippen LogP) is -0.972. The maximum absolute atomic E-state index is 12.1. The Morgan fingerprint density at radius 3 is 2.56 bits per heavy atom. The Hall–Kier alpha value is -3.17. The number of likely N-dealkylation sites (tertiary alicyclic amines) is 1. The normalized spacial score (nSPS) is 15.2. The molecule has 0 aromatic carbocycles. The molecule has 0 atom stereocenters. The summed E-state index contributed by atoms with van der Waals surface area (Å²) in [6, 6.07) is 2.10. The van der Waals surface area contributed by atoms with Gasteiger partial charge in [-0.1, -0.05) is 11.6 Å². The Morgan fingerprint density at radius 2 is 2.00 bits per heavy atom. The molecule has 146 valence electrons. The third-order valence-corrected chi connectivity index (χ3v) is 3.81. The minimum absolute atomic E-state index is 0.0151. The van der Waals surface area contributed by atoms with E-state index < -0.39 is 5.91 Å². The van der Waals surface area contributed by atoms with Gasteiger partial charge in [0.2, 0.25) is 0 Å². The van der Waals surface area contributed by atoms with Gasteiger partial charge in [0.25, 0.3) is 12.4 Å². The number of guanidine groups is 1. The van der Waals surface area contributed by atoms with Crippen molar-refractivity contribution in [1.29, 1.82) is 5.26 Å². The fourth-order valence-corrected chi connectivity index (χ4v) is 2.45. The maximum atomic E-state index is 12.1. The van der Waals surface area contributed by atoms with Crippen LogP contribution < -0.4 is 22.5 Å². The summed E-state index contributed by atoms with van der Waals surface area (Å²) in [5.41, 5.74) is 16.7. The van der Waals surface area contributed by atoms with Gasteiger partial charge in [-0.25, -0.2) is 15.0 Å². The Kier molecular flexibility index (Phi) is 8.70. The van der Waals surface area contributed by atoms with E-state index >= 15 is 0 Å². The average molecular weight is 398 g/mol. The molecule has 1 saturated heterocycles. The van der Waals surface area contributed by atoms with Crippen LogP contribution in [0.15, 0.2) is 4.99 Å². The molecule has 1 amide bonds. The minimum atomic E-state index is -0.662. The van der Waals surface area contributed by atoms with Crippen LogP contribution in [0.5, 0.6) is 0 Å². The van der Waals surface area contributed by atoms with E-state index in [0.717, 1.165) is 25.9 Å². The lowest BCUT2D eigenvalue weighted by molar-refractivity contribution is -0.122. The largest absolute Gasteiger partial charge is 0.483 e. The maximum Gasteiger partial charge on any atom is 0.290 e. The fourth-order valence-electron chi connectivity index (χ4n) is 2.32. The number of nitrogen functional groups attached to an aromatic ring is 2. The molecule has 0 bridgehead atoms. The summed E-state index contributed by atoms with van der Waals surface area (Å²) in [6.45, 7) is 1.67. The van der Waals surface area contributed by atoms with Gasteiger partial charge in [-0.3, -0.25) is 19.8 Å². The van der Waals surface area contributed by atoms with Crippen LogP contribution in [-0.2, 0) is 4.79 Å². The molecule has 0 spiro atoms. The number of anilines is 2. The van der Waals surface area contributed by atoms with Crippen molar-refractivity contribution in [3.63, 3.8) is 0 Å². The zero-order valence-electron chi connectivity index (χ0n) is 14.3. The topological polar surface area (TPSA) is 210 Å². The summed E-state index contributed by atoms with van der Waals surface area (Å²) in [7, 11) is 0. The second-order valence-electron chi connectivity index (χ2n) is 5.37. The molecule has 1 fully saturated rings. The van der Waals surface area contributed by atoms with Crippen molar-refractivity contribution in [2.24, 2.45) is 10.7 Å². The summed E-state index contributed by atoms with van der Waals surface area (Å²) >= 11 is 5.74. The standard InChI is InChI=1S/C13H18ClN9O.CH2O2/c14-9-11(17)21-10(16)8(20-9)12(24)22-13(18)19-7-1-4-23(5-2-7)6-3-15;2-1-3/h7H,1-2,4-6H2,(H4,16,17,21)(H3,18,19,22,24);1H,(H,2,3). The van der Waals surface area contributed by atoms with Crippen molar-refractivity contribution in [3.05, 3.63) is 10.8 Å². The molecule has 0 saturated carbocycles. The molecule has 2 rings (SSSR count). The number of nitrogens with zero attached hydrogens (tertiary/aromatic N) is 5. The number of carboxylic acid groups (broad SMARTS) is 1. The number of nitrogens with two attached hydrogens (primary N) is 3. The van der Waals surface area contributed by atoms with Crippen LogP contribution in [0.2, 0.25) is 5.15 Å². The van der Waals surface area contributed by atoms with E-state index in [1.165, 1.54) is 0 Å². The molecule has 1 aliphatic heterocycles. The number of aromatic nitrogens is 2. The molecule has 12 nitrogen and oxygen atoms in total. The van der Waals surface area contributed by atoms with E-state index in [1.807, 2.05) is 4.90 Å². The molecular formula is C14H20ClN9O3. The molecule has 13 heteroatoms. The zero-order chi connectivity index (χ0) is 20.4. The molecule has 0 unspecified atom stereocenters. The van der Waals surface area contributed by atoms with Crippen molar-refractivity contribution in [2.45, 2.75) is 18.9 Å². The monoisotopic (exact) mass is 397 g/mol. The van der Waals surface area contributed by atoms with Gasteiger partial charge >= 0.3 is 0 Å². The number of hydrogen-bond acceptors (Lipinski definition) is 9. The van der Waals surface area contributed by atoms with Gasteiger partial charge in [-0.15, -0.1) is 0 Å². The molecule has 2 heterocycles. The first kappa shape index (κ1) is 21.9. The molecule has 1 aromatic rings. The summed E-state index contributed by atoms with van der Waals surface area (Å²) in [4.78, 5) is 34.3. The highest BCUT2D eigenvalue weighted by Gasteiger charge is 2.20. The van der Waals surface area contributed by atoms with Crippen LogP contribution in [0.1, 0.15) is 23.3 Å². The molecule has 0 radical (unpaired) electrons. The number of aliphatic imine (C=N–C) groups is 1. The molecule has 1 aliphatic rings. The van der Waals surface area contributed by atoms with E-state index in [2.05, 4.69) is 26.3 Å². The van der Waals surface area contributed by atoms with Crippen molar-refractivity contribution >= 4 is 41.6 Å². The lowest BCUT2D eigenvalue weighted by Crippen LogP contribution is -2.41. The lowest BCUT2D eigenvalue weighted by Gasteiger charge is -2.28. The minimum Gasteiger partial charge on any atom is -0.483 e. The highest BCUT2D eigenvalue weighted by atomic mass is 35.5. The number of halogens is 1. The molecule has 27 heavy (non-hydrogen) atoms. The van der Waals surface area contributed by atoms with Gasteiger partial charge < -0.3 is 22.3 Å². The molecule has 8 N–H and O–H groups in total. The van der Waals surface area contributed by atoms with Crippen LogP contribution in [-0.4, -0.2) is 64.0 Å². The number of nitriles is 1. The van der Waals surface area contributed by atoms with Gasteiger partial charge in [0.1, 0.15) is 0 Å². The Labute approximate surface area is 160 Å². The molecule has 0 aliphatic carbocycles. The third-order valence-electron chi connectivity index (χ3n) is 3.53. The van der Waals surface area contributed by atoms with Crippen LogP contribution >= 0.6 is 11.6 Å². The number of amides is 1. The summed E-state index contributed by atoms with van der Waals surface area (Å²) in [5.74, 6) is -0.901. The van der Waals surface area contributed by atoms with Gasteiger partial charge in [0.15, 0.2) is 28.4 Å². The van der Waals surface area contributed by atoms with Crippen molar-refractivity contribution in [1.82, 2.24) is 20.2 Å². The van der Waals surface area contributed by atoms with Crippen LogP contribution in [0.25, 0.3) is 0 Å². The smallest absolute Gasteiger partial charge is 0.290 e. The van der Waals surface area contributed by atoms with Crippen LogP contribution in [0.4, 0.5) is 11.6 Å². The highest BCUT2D eigenvalue weighted by molar-refractivity contribution is 6.31. The quantitative estimate of drug-likeness (QED) is 0.182. The van der Waals surface area contributed by atoms with Gasteiger partial charge in [-0.05, 0) is 12.8 Å². The van der Waals surface area contributed by atoms with Crippen molar-refractivity contribution in [2.75, 3.05) is 31.1 Å². The SMILES string of the molecule is N#CCN1CCC(N=C(N)NC(=O)c2nc(Cl)c(N)nc2N)CC1.O=CO. The van der Waals surface area contributed by atoms with E-state index in [9.17, 15) is 4.79 Å². The first-order chi connectivity index (χ1) is 12.8.